The molecule has 1 aromatic carbocycles. The van der Waals surface area contributed by atoms with E-state index in [2.05, 4.69) is 17.1 Å². The van der Waals surface area contributed by atoms with Gasteiger partial charge in [0.1, 0.15) is 0 Å². The highest BCUT2D eigenvalue weighted by atomic mass is 32.2. The maximum atomic E-state index is 12.5. The molecule has 2 rings (SSSR count). The molecule has 1 heterocycles. The van der Waals surface area contributed by atoms with Gasteiger partial charge in [-0.05, 0) is 57.1 Å². The number of benzene rings is 1. The average molecular weight is 368 g/mol. The Kier molecular flexibility index (Phi) is 6.98. The lowest BCUT2D eigenvalue weighted by atomic mass is 10.2. The van der Waals surface area contributed by atoms with Crippen LogP contribution in [0, 0.1) is 0 Å². The minimum absolute atomic E-state index is 0.169. The van der Waals surface area contributed by atoms with Crippen LogP contribution < -0.4 is 5.32 Å². The molecule has 1 unspecified atom stereocenters. The second-order valence-electron chi connectivity index (χ2n) is 6.42. The zero-order chi connectivity index (χ0) is 18.4. The lowest BCUT2D eigenvalue weighted by Crippen LogP contribution is -2.40. The molecule has 140 valence electrons. The summed E-state index contributed by atoms with van der Waals surface area (Å²) in [4.78, 5) is 14.9. The minimum atomic E-state index is -3.49. The number of sulfonamides is 1. The highest BCUT2D eigenvalue weighted by Crippen LogP contribution is 2.16. The summed E-state index contributed by atoms with van der Waals surface area (Å²) in [5.41, 5.74) is 0.479. The van der Waals surface area contributed by atoms with Crippen LogP contribution in [0.5, 0.6) is 0 Å². The first-order valence-corrected chi connectivity index (χ1v) is 10.5. The summed E-state index contributed by atoms with van der Waals surface area (Å²) in [6.07, 6.45) is 2.45. The molecular formula is C18H29N3O3S. The van der Waals surface area contributed by atoms with Crippen molar-refractivity contribution in [2.45, 2.75) is 44.6 Å². The zero-order valence-corrected chi connectivity index (χ0v) is 16.2. The third-order valence-corrected chi connectivity index (χ3v) is 6.85. The van der Waals surface area contributed by atoms with Crippen molar-refractivity contribution >= 4 is 15.9 Å². The molecule has 0 bridgehead atoms. The number of carbonyl (C=O) groups is 1. The van der Waals surface area contributed by atoms with Crippen molar-refractivity contribution in [2.75, 3.05) is 32.7 Å². The monoisotopic (exact) mass is 367 g/mol. The van der Waals surface area contributed by atoms with Gasteiger partial charge in [0.2, 0.25) is 10.0 Å². The van der Waals surface area contributed by atoms with Crippen LogP contribution in [0.2, 0.25) is 0 Å². The topological polar surface area (TPSA) is 69.7 Å². The molecule has 1 atom stereocenters. The molecule has 1 aliphatic heterocycles. The summed E-state index contributed by atoms with van der Waals surface area (Å²) < 4.78 is 26.3. The number of nitrogens with zero attached hydrogens (tertiary/aromatic N) is 2. The Bertz CT molecular complexity index is 663. The second kappa shape index (κ2) is 8.78. The van der Waals surface area contributed by atoms with Crippen LogP contribution in [0.3, 0.4) is 0 Å². The number of nitrogens with one attached hydrogen (secondary N) is 1. The van der Waals surface area contributed by atoms with E-state index in [1.807, 2.05) is 13.8 Å². The van der Waals surface area contributed by atoms with Crippen molar-refractivity contribution < 1.29 is 13.2 Å². The van der Waals surface area contributed by atoms with Crippen LogP contribution in [-0.4, -0.2) is 62.3 Å². The van der Waals surface area contributed by atoms with E-state index in [0.717, 1.165) is 13.1 Å². The Hall–Kier alpha value is -1.44. The average Bonchev–Trinajstić information content (AvgIpc) is 3.15. The van der Waals surface area contributed by atoms with Crippen LogP contribution in [0.4, 0.5) is 0 Å². The first-order valence-electron chi connectivity index (χ1n) is 9.02. The first-order chi connectivity index (χ1) is 11.9. The number of carbonyl (C=O) groups excluding carboxylic acids is 1. The van der Waals surface area contributed by atoms with Crippen LogP contribution in [0.25, 0.3) is 0 Å². The Morgan fingerprint density at radius 3 is 2.24 bits per heavy atom. The minimum Gasteiger partial charge on any atom is -0.350 e. The lowest BCUT2D eigenvalue weighted by molar-refractivity contribution is 0.0940. The molecular weight excluding hydrogens is 338 g/mol. The van der Waals surface area contributed by atoms with E-state index in [-0.39, 0.29) is 10.8 Å². The summed E-state index contributed by atoms with van der Waals surface area (Å²) >= 11 is 0. The summed E-state index contributed by atoms with van der Waals surface area (Å²) in [6.45, 7) is 9.37. The molecule has 6 nitrogen and oxygen atoms in total. The van der Waals surface area contributed by atoms with Crippen molar-refractivity contribution in [3.05, 3.63) is 29.8 Å². The standard InChI is InChI=1S/C18H29N3O3S/c1-4-21(5-2)25(23,24)17-10-8-16(9-11-17)18(22)19-14-15(3)20-12-6-7-13-20/h8-11,15H,4-7,12-14H2,1-3H3,(H,19,22). The third-order valence-electron chi connectivity index (χ3n) is 4.78. The predicted octanol–water partition coefficient (Wildman–Crippen LogP) is 1.93. The molecule has 1 fully saturated rings. The quantitative estimate of drug-likeness (QED) is 0.762. The van der Waals surface area contributed by atoms with Gasteiger partial charge in [-0.25, -0.2) is 8.42 Å². The van der Waals surface area contributed by atoms with Gasteiger partial charge < -0.3 is 5.32 Å². The largest absolute Gasteiger partial charge is 0.350 e. The molecule has 1 saturated heterocycles. The van der Waals surface area contributed by atoms with Gasteiger partial charge in [0.25, 0.3) is 5.91 Å². The summed E-state index contributed by atoms with van der Waals surface area (Å²) in [6, 6.07) is 6.48. The van der Waals surface area contributed by atoms with Crippen molar-refractivity contribution in [1.82, 2.24) is 14.5 Å². The molecule has 0 aliphatic carbocycles. The number of hydrogen-bond donors (Lipinski definition) is 1. The smallest absolute Gasteiger partial charge is 0.251 e. The van der Waals surface area contributed by atoms with Gasteiger partial charge in [0.15, 0.2) is 0 Å². The van der Waals surface area contributed by atoms with Crippen molar-refractivity contribution in [3.63, 3.8) is 0 Å². The highest BCUT2D eigenvalue weighted by Gasteiger charge is 2.22. The lowest BCUT2D eigenvalue weighted by Gasteiger charge is -2.23. The van der Waals surface area contributed by atoms with Gasteiger partial charge in [-0.15, -0.1) is 0 Å². The second-order valence-corrected chi connectivity index (χ2v) is 8.35. The van der Waals surface area contributed by atoms with Crippen molar-refractivity contribution in [1.29, 1.82) is 0 Å². The Morgan fingerprint density at radius 2 is 1.72 bits per heavy atom. The van der Waals surface area contributed by atoms with Crippen LogP contribution >= 0.6 is 0 Å². The number of amides is 1. The molecule has 0 spiro atoms. The molecule has 0 saturated carbocycles. The van der Waals surface area contributed by atoms with Crippen LogP contribution in [-0.2, 0) is 10.0 Å². The van der Waals surface area contributed by atoms with E-state index in [4.69, 9.17) is 0 Å². The third kappa shape index (κ3) is 4.80. The highest BCUT2D eigenvalue weighted by molar-refractivity contribution is 7.89. The summed E-state index contributed by atoms with van der Waals surface area (Å²) in [5.74, 6) is -0.169. The molecule has 1 amide bonds. The van der Waals surface area contributed by atoms with Crippen LogP contribution in [0.1, 0.15) is 44.0 Å². The normalized spacial score (nSPS) is 17.0. The Morgan fingerprint density at radius 1 is 1.16 bits per heavy atom. The number of hydrogen-bond acceptors (Lipinski definition) is 4. The van der Waals surface area contributed by atoms with Gasteiger partial charge in [0.05, 0.1) is 4.90 Å². The summed E-state index contributed by atoms with van der Waals surface area (Å²) in [7, 11) is -3.49. The van der Waals surface area contributed by atoms with E-state index < -0.39 is 10.0 Å². The zero-order valence-electron chi connectivity index (χ0n) is 15.4. The van der Waals surface area contributed by atoms with E-state index >= 15 is 0 Å². The number of rotatable bonds is 8. The fourth-order valence-electron chi connectivity index (χ4n) is 3.14. The molecule has 7 heteroatoms. The van der Waals surface area contributed by atoms with Crippen molar-refractivity contribution in [3.8, 4) is 0 Å². The molecule has 1 aliphatic rings. The Labute approximate surface area is 151 Å². The first kappa shape index (κ1) is 19.9. The van der Waals surface area contributed by atoms with Crippen LogP contribution in [0.15, 0.2) is 29.2 Å². The maximum absolute atomic E-state index is 12.5. The van der Waals surface area contributed by atoms with E-state index in [9.17, 15) is 13.2 Å². The maximum Gasteiger partial charge on any atom is 0.251 e. The van der Waals surface area contributed by atoms with Gasteiger partial charge in [-0.1, -0.05) is 13.8 Å². The van der Waals surface area contributed by atoms with Gasteiger partial charge >= 0.3 is 0 Å². The number of likely N-dealkylation sites (tertiary alicyclic amines) is 1. The molecule has 1 N–H and O–H groups in total. The SMILES string of the molecule is CCN(CC)S(=O)(=O)c1ccc(C(=O)NCC(C)N2CCCC2)cc1. The van der Waals surface area contributed by atoms with Gasteiger partial charge in [-0.2, -0.15) is 4.31 Å². The van der Waals surface area contributed by atoms with E-state index in [1.165, 1.54) is 29.3 Å². The van der Waals surface area contributed by atoms with E-state index in [1.54, 1.807) is 12.1 Å². The molecule has 0 aromatic heterocycles. The van der Waals surface area contributed by atoms with Crippen molar-refractivity contribution in [2.24, 2.45) is 0 Å². The van der Waals surface area contributed by atoms with Gasteiger partial charge in [0, 0.05) is 31.2 Å². The predicted molar refractivity (Wildman–Crippen MR) is 99.2 cm³/mol. The summed E-state index contributed by atoms with van der Waals surface area (Å²) in [5, 5.41) is 2.94. The molecule has 1 aromatic rings. The fourth-order valence-corrected chi connectivity index (χ4v) is 4.60. The molecule has 25 heavy (non-hydrogen) atoms. The van der Waals surface area contributed by atoms with E-state index in [0.29, 0.717) is 31.2 Å². The van der Waals surface area contributed by atoms with Gasteiger partial charge in [-0.3, -0.25) is 9.69 Å². The Balaban J connectivity index is 1.98. The molecule has 0 radical (unpaired) electrons. The fraction of sp³-hybridized carbons (Fsp3) is 0.611.